The Bertz CT molecular complexity index is 473. The van der Waals surface area contributed by atoms with Gasteiger partial charge in [0.05, 0.1) is 11.4 Å². The van der Waals surface area contributed by atoms with Gasteiger partial charge in [0.2, 0.25) is 5.91 Å². The number of rotatable bonds is 7. The van der Waals surface area contributed by atoms with Crippen molar-refractivity contribution in [3.05, 3.63) is 24.3 Å². The Morgan fingerprint density at radius 1 is 1.36 bits per heavy atom. The summed E-state index contributed by atoms with van der Waals surface area (Å²) in [6.45, 7) is 4.25. The van der Waals surface area contributed by atoms with E-state index >= 15 is 0 Å². The minimum Gasteiger partial charge on any atom is -0.396 e. The van der Waals surface area contributed by atoms with Crippen molar-refractivity contribution in [1.29, 1.82) is 0 Å². The smallest absolute Gasteiger partial charge is 0.225 e. The van der Waals surface area contributed by atoms with Gasteiger partial charge in [0.25, 0.3) is 0 Å². The highest BCUT2D eigenvalue weighted by atomic mass is 32.2. The van der Waals surface area contributed by atoms with Crippen molar-refractivity contribution in [2.45, 2.75) is 26.2 Å². The minimum absolute atomic E-state index is 0.0821. The first kappa shape index (κ1) is 17.2. The summed E-state index contributed by atoms with van der Waals surface area (Å²) < 4.78 is 0. The Kier molecular flexibility index (Phi) is 7.06. The van der Waals surface area contributed by atoms with Crippen molar-refractivity contribution in [1.82, 2.24) is 0 Å². The molecule has 0 bridgehead atoms. The number of aliphatic hydroxyl groups excluding tert-OH is 1. The molecule has 0 aliphatic carbocycles. The quantitative estimate of drug-likeness (QED) is 0.758. The molecule has 1 aliphatic heterocycles. The van der Waals surface area contributed by atoms with Crippen molar-refractivity contribution >= 4 is 29.0 Å². The molecule has 1 saturated heterocycles. The van der Waals surface area contributed by atoms with E-state index in [0.717, 1.165) is 48.8 Å². The molecule has 1 fully saturated rings. The van der Waals surface area contributed by atoms with Gasteiger partial charge in [-0.15, -0.1) is 0 Å². The molecule has 1 heterocycles. The number of aliphatic hydroxyl groups is 1. The topological polar surface area (TPSA) is 52.6 Å². The van der Waals surface area contributed by atoms with Gasteiger partial charge >= 0.3 is 0 Å². The molecule has 5 heteroatoms. The normalized spacial score (nSPS) is 15.8. The molecule has 1 aromatic rings. The van der Waals surface area contributed by atoms with E-state index in [0.29, 0.717) is 12.3 Å². The lowest BCUT2D eigenvalue weighted by Gasteiger charge is -2.34. The second kappa shape index (κ2) is 9.06. The van der Waals surface area contributed by atoms with E-state index in [9.17, 15) is 9.90 Å². The van der Waals surface area contributed by atoms with Crippen molar-refractivity contribution in [2.24, 2.45) is 5.92 Å². The van der Waals surface area contributed by atoms with Crippen LogP contribution in [0.5, 0.6) is 0 Å². The maximum Gasteiger partial charge on any atom is 0.225 e. The number of hydrogen-bond acceptors (Lipinski definition) is 4. The average molecular weight is 322 g/mol. The molecule has 0 saturated carbocycles. The van der Waals surface area contributed by atoms with E-state index in [1.807, 2.05) is 18.2 Å². The summed E-state index contributed by atoms with van der Waals surface area (Å²) in [5, 5.41) is 12.3. The molecule has 0 atom stereocenters. The van der Waals surface area contributed by atoms with Crippen LogP contribution in [0.3, 0.4) is 0 Å². The molecule has 122 valence electrons. The molecule has 4 nitrogen and oxygen atoms in total. The summed E-state index contributed by atoms with van der Waals surface area (Å²) >= 11 is 1.79. The van der Waals surface area contributed by atoms with Crippen LogP contribution in [0.2, 0.25) is 0 Å². The maximum absolute atomic E-state index is 12.0. The molecule has 0 unspecified atom stereocenters. The van der Waals surface area contributed by atoms with Crippen molar-refractivity contribution in [3.8, 4) is 0 Å². The summed E-state index contributed by atoms with van der Waals surface area (Å²) in [4.78, 5) is 14.4. The van der Waals surface area contributed by atoms with E-state index in [4.69, 9.17) is 0 Å². The van der Waals surface area contributed by atoms with Crippen molar-refractivity contribution < 1.29 is 9.90 Å². The lowest BCUT2D eigenvalue weighted by atomic mass is 9.97. The summed E-state index contributed by atoms with van der Waals surface area (Å²) in [5.41, 5.74) is 1.99. The van der Waals surface area contributed by atoms with E-state index in [-0.39, 0.29) is 12.5 Å². The van der Waals surface area contributed by atoms with Gasteiger partial charge in [-0.2, -0.15) is 11.8 Å². The Hall–Kier alpha value is -1.20. The van der Waals surface area contributed by atoms with Crippen LogP contribution in [0, 0.1) is 5.92 Å². The fraction of sp³-hybridized carbons (Fsp3) is 0.588. The fourth-order valence-corrected chi connectivity index (χ4v) is 3.35. The second-order valence-electron chi connectivity index (χ2n) is 5.63. The molecule has 1 amide bonds. The van der Waals surface area contributed by atoms with Crippen LogP contribution >= 0.6 is 11.8 Å². The zero-order chi connectivity index (χ0) is 15.8. The third kappa shape index (κ3) is 4.92. The van der Waals surface area contributed by atoms with Crippen LogP contribution in [-0.4, -0.2) is 42.2 Å². The molecule has 0 radical (unpaired) electrons. The number of nitrogens with one attached hydrogen (secondary N) is 1. The SMILES string of the molecule is CCSCCC(=O)Nc1ccccc1N1CCC(CO)CC1. The molecule has 22 heavy (non-hydrogen) atoms. The number of carbonyl (C=O) groups is 1. The summed E-state index contributed by atoms with van der Waals surface area (Å²) in [6.07, 6.45) is 2.57. The van der Waals surface area contributed by atoms with Crippen molar-refractivity contribution in [3.63, 3.8) is 0 Å². The van der Waals surface area contributed by atoms with Crippen molar-refractivity contribution in [2.75, 3.05) is 41.4 Å². The third-order valence-electron chi connectivity index (χ3n) is 4.07. The summed E-state index contributed by atoms with van der Waals surface area (Å²) in [6, 6.07) is 8.00. The molecule has 1 aromatic carbocycles. The largest absolute Gasteiger partial charge is 0.396 e. The Morgan fingerprint density at radius 3 is 2.77 bits per heavy atom. The summed E-state index contributed by atoms with van der Waals surface area (Å²) in [7, 11) is 0. The third-order valence-corrected chi connectivity index (χ3v) is 4.97. The van der Waals surface area contributed by atoms with Crippen LogP contribution in [0.15, 0.2) is 24.3 Å². The first-order valence-corrected chi connectivity index (χ1v) is 9.22. The van der Waals surface area contributed by atoms with Gasteiger partial charge in [0.15, 0.2) is 0 Å². The van der Waals surface area contributed by atoms with Gasteiger partial charge in [0, 0.05) is 31.9 Å². The zero-order valence-electron chi connectivity index (χ0n) is 13.3. The van der Waals surface area contributed by atoms with Gasteiger partial charge in [0.1, 0.15) is 0 Å². The lowest BCUT2D eigenvalue weighted by molar-refractivity contribution is -0.115. The van der Waals surface area contributed by atoms with Crippen LogP contribution in [0.4, 0.5) is 11.4 Å². The first-order chi connectivity index (χ1) is 10.7. The molecule has 0 aromatic heterocycles. The van der Waals surface area contributed by atoms with E-state index in [2.05, 4.69) is 23.2 Å². The lowest BCUT2D eigenvalue weighted by Crippen LogP contribution is -2.35. The van der Waals surface area contributed by atoms with E-state index in [1.54, 1.807) is 11.8 Å². The first-order valence-electron chi connectivity index (χ1n) is 8.07. The number of nitrogens with zero attached hydrogens (tertiary/aromatic N) is 1. The van der Waals surface area contributed by atoms with Crippen LogP contribution in [0.1, 0.15) is 26.2 Å². The number of hydrogen-bond donors (Lipinski definition) is 2. The Morgan fingerprint density at radius 2 is 2.09 bits per heavy atom. The van der Waals surface area contributed by atoms with Gasteiger partial charge < -0.3 is 15.3 Å². The maximum atomic E-state index is 12.0. The Labute approximate surface area is 137 Å². The number of carbonyl (C=O) groups excluding carboxylic acids is 1. The zero-order valence-corrected chi connectivity index (χ0v) is 14.1. The van der Waals surface area contributed by atoms with Crippen LogP contribution in [0.25, 0.3) is 0 Å². The standard InChI is InChI=1S/C17H26N2O2S/c1-2-22-12-9-17(21)18-15-5-3-4-6-16(15)19-10-7-14(13-20)8-11-19/h3-6,14,20H,2,7-13H2,1H3,(H,18,21). The van der Waals surface area contributed by atoms with Crippen LogP contribution in [-0.2, 0) is 4.79 Å². The number of piperidine rings is 1. The number of benzene rings is 1. The molecule has 2 N–H and O–H groups in total. The molecule has 0 spiro atoms. The van der Waals surface area contributed by atoms with Gasteiger partial charge in [-0.25, -0.2) is 0 Å². The van der Waals surface area contributed by atoms with Gasteiger partial charge in [-0.1, -0.05) is 19.1 Å². The monoisotopic (exact) mass is 322 g/mol. The number of para-hydroxylation sites is 2. The Balaban J connectivity index is 1.96. The number of thioether (sulfide) groups is 1. The van der Waals surface area contributed by atoms with E-state index < -0.39 is 0 Å². The second-order valence-corrected chi connectivity index (χ2v) is 7.02. The predicted octanol–water partition coefficient (Wildman–Crippen LogP) is 2.98. The molecule has 1 aliphatic rings. The fourth-order valence-electron chi connectivity index (χ4n) is 2.73. The van der Waals surface area contributed by atoms with Gasteiger partial charge in [-0.3, -0.25) is 4.79 Å². The highest BCUT2D eigenvalue weighted by Gasteiger charge is 2.20. The predicted molar refractivity (Wildman–Crippen MR) is 94.7 cm³/mol. The minimum atomic E-state index is 0.0821. The number of anilines is 2. The van der Waals surface area contributed by atoms with Crippen LogP contribution < -0.4 is 10.2 Å². The highest BCUT2D eigenvalue weighted by Crippen LogP contribution is 2.29. The van der Waals surface area contributed by atoms with Gasteiger partial charge in [-0.05, 0) is 36.6 Å². The molecular formula is C17H26N2O2S. The molecular weight excluding hydrogens is 296 g/mol. The van der Waals surface area contributed by atoms with E-state index in [1.165, 1.54) is 0 Å². The molecule has 2 rings (SSSR count). The summed E-state index contributed by atoms with van der Waals surface area (Å²) in [5.74, 6) is 2.42. The highest BCUT2D eigenvalue weighted by molar-refractivity contribution is 7.99. The average Bonchev–Trinajstić information content (AvgIpc) is 2.56. The number of amides is 1.